The van der Waals surface area contributed by atoms with Crippen molar-refractivity contribution in [3.8, 4) is 0 Å². The van der Waals surface area contributed by atoms with E-state index in [4.69, 9.17) is 0 Å². The maximum Gasteiger partial charge on any atom is 0.401 e. The molecular formula is C20H23F3N4O. The van der Waals surface area contributed by atoms with Gasteiger partial charge in [0.25, 0.3) is 0 Å². The number of nitrogens with one attached hydrogen (secondary N) is 1. The lowest BCUT2D eigenvalue weighted by molar-refractivity contribution is -0.126. The van der Waals surface area contributed by atoms with E-state index in [0.29, 0.717) is 18.7 Å². The monoisotopic (exact) mass is 392 g/mol. The molecule has 2 heterocycles. The summed E-state index contributed by atoms with van der Waals surface area (Å²) in [5, 5.41) is 13.9. The molecule has 1 aromatic carbocycles. The molecule has 150 valence electrons. The number of rotatable bonds is 4. The van der Waals surface area contributed by atoms with E-state index in [1.807, 2.05) is 24.3 Å². The number of aromatic nitrogens is 3. The SMILES string of the molecule is CC(O)c1nc2cnc3ccccc3c2n1C1CCC(NCC(F)(F)F)CC1. The molecule has 1 fully saturated rings. The van der Waals surface area contributed by atoms with Gasteiger partial charge >= 0.3 is 6.18 Å². The molecule has 4 rings (SSSR count). The van der Waals surface area contributed by atoms with Crippen molar-refractivity contribution in [1.29, 1.82) is 0 Å². The molecule has 0 saturated heterocycles. The Morgan fingerprint density at radius 2 is 1.89 bits per heavy atom. The first-order valence-electron chi connectivity index (χ1n) is 9.57. The molecule has 1 atom stereocenters. The van der Waals surface area contributed by atoms with E-state index in [-0.39, 0.29) is 12.1 Å². The van der Waals surface area contributed by atoms with Crippen LogP contribution in [0.2, 0.25) is 0 Å². The van der Waals surface area contributed by atoms with Crippen LogP contribution in [0.5, 0.6) is 0 Å². The van der Waals surface area contributed by atoms with Gasteiger partial charge in [-0.05, 0) is 38.7 Å². The van der Waals surface area contributed by atoms with Gasteiger partial charge in [-0.1, -0.05) is 18.2 Å². The standard InChI is InChI=1S/C20H23F3N4O/c1-12(28)19-26-17-10-24-16-5-3-2-4-15(16)18(17)27(19)14-8-6-13(7-9-14)25-11-20(21,22)23/h2-5,10,12-14,25,28H,6-9,11H2,1H3. The summed E-state index contributed by atoms with van der Waals surface area (Å²) in [4.78, 5) is 9.06. The molecule has 2 N–H and O–H groups in total. The Morgan fingerprint density at radius 3 is 2.57 bits per heavy atom. The second kappa shape index (κ2) is 7.33. The molecule has 0 bridgehead atoms. The maximum absolute atomic E-state index is 12.5. The fourth-order valence-corrected chi connectivity index (χ4v) is 4.21. The first-order valence-corrected chi connectivity index (χ1v) is 9.57. The number of nitrogens with zero attached hydrogens (tertiary/aromatic N) is 3. The summed E-state index contributed by atoms with van der Waals surface area (Å²) in [6, 6.07) is 7.75. The fraction of sp³-hybridized carbons (Fsp3) is 0.500. The third kappa shape index (κ3) is 3.71. The predicted molar refractivity (Wildman–Crippen MR) is 101 cm³/mol. The highest BCUT2D eigenvalue weighted by atomic mass is 19.4. The highest BCUT2D eigenvalue weighted by molar-refractivity contribution is 6.02. The topological polar surface area (TPSA) is 63.0 Å². The molecule has 2 aromatic heterocycles. The molecule has 8 heteroatoms. The summed E-state index contributed by atoms with van der Waals surface area (Å²) >= 11 is 0. The smallest absolute Gasteiger partial charge is 0.385 e. The van der Waals surface area contributed by atoms with Crippen molar-refractivity contribution < 1.29 is 18.3 Å². The third-order valence-electron chi connectivity index (χ3n) is 5.48. The number of pyridine rings is 1. The number of aliphatic hydroxyl groups is 1. The molecule has 1 aliphatic carbocycles. The van der Waals surface area contributed by atoms with Crippen molar-refractivity contribution in [1.82, 2.24) is 19.9 Å². The minimum absolute atomic E-state index is 0.0874. The molecule has 1 saturated carbocycles. The van der Waals surface area contributed by atoms with Gasteiger partial charge in [-0.15, -0.1) is 0 Å². The minimum atomic E-state index is -4.19. The largest absolute Gasteiger partial charge is 0.401 e. The van der Waals surface area contributed by atoms with Gasteiger partial charge in [0.2, 0.25) is 0 Å². The van der Waals surface area contributed by atoms with Crippen molar-refractivity contribution in [2.45, 2.75) is 57.0 Å². The van der Waals surface area contributed by atoms with E-state index in [0.717, 1.165) is 34.8 Å². The predicted octanol–water partition coefficient (Wildman–Crippen LogP) is 4.27. The molecule has 3 aromatic rings. The first kappa shape index (κ1) is 19.1. The van der Waals surface area contributed by atoms with E-state index in [1.54, 1.807) is 13.1 Å². The zero-order valence-corrected chi connectivity index (χ0v) is 15.6. The number of hydrogen-bond donors (Lipinski definition) is 2. The Morgan fingerprint density at radius 1 is 1.18 bits per heavy atom. The number of fused-ring (bicyclic) bond motifs is 3. The van der Waals surface area contributed by atoms with Gasteiger partial charge in [0.1, 0.15) is 17.4 Å². The third-order valence-corrected chi connectivity index (χ3v) is 5.48. The Kier molecular flexibility index (Phi) is 5.01. The minimum Gasteiger partial charge on any atom is -0.385 e. The van der Waals surface area contributed by atoms with E-state index in [2.05, 4.69) is 19.9 Å². The summed E-state index contributed by atoms with van der Waals surface area (Å²) in [5.74, 6) is 0.583. The van der Waals surface area contributed by atoms with Crippen LogP contribution in [0.1, 0.15) is 50.6 Å². The lowest BCUT2D eigenvalue weighted by Gasteiger charge is -2.32. The van der Waals surface area contributed by atoms with E-state index >= 15 is 0 Å². The van der Waals surface area contributed by atoms with E-state index < -0.39 is 18.8 Å². The van der Waals surface area contributed by atoms with Gasteiger partial charge in [0.15, 0.2) is 0 Å². The zero-order chi connectivity index (χ0) is 19.9. The molecule has 1 aliphatic rings. The molecule has 5 nitrogen and oxygen atoms in total. The van der Waals surface area contributed by atoms with Crippen molar-refractivity contribution in [2.24, 2.45) is 0 Å². The number of aliphatic hydroxyl groups excluding tert-OH is 1. The summed E-state index contributed by atoms with van der Waals surface area (Å²) in [5.41, 5.74) is 2.52. The highest BCUT2D eigenvalue weighted by Gasteiger charge is 2.31. The van der Waals surface area contributed by atoms with Crippen LogP contribution in [0.3, 0.4) is 0 Å². The number of benzene rings is 1. The number of imidazole rings is 1. The van der Waals surface area contributed by atoms with Crippen LogP contribution >= 0.6 is 0 Å². The average molecular weight is 392 g/mol. The van der Waals surface area contributed by atoms with Gasteiger partial charge < -0.3 is 15.0 Å². The Hall–Kier alpha value is -2.19. The zero-order valence-electron chi connectivity index (χ0n) is 15.6. The van der Waals surface area contributed by atoms with Crippen LogP contribution in [0, 0.1) is 0 Å². The molecule has 0 spiro atoms. The second-order valence-electron chi connectivity index (χ2n) is 7.53. The Balaban J connectivity index is 1.66. The fourth-order valence-electron chi connectivity index (χ4n) is 4.21. The molecule has 0 amide bonds. The summed E-state index contributed by atoms with van der Waals surface area (Å²) in [7, 11) is 0. The lowest BCUT2D eigenvalue weighted by Crippen LogP contribution is -2.39. The van der Waals surface area contributed by atoms with Crippen LogP contribution in [0.15, 0.2) is 30.5 Å². The van der Waals surface area contributed by atoms with Crippen molar-refractivity contribution >= 4 is 21.9 Å². The first-order chi connectivity index (χ1) is 13.3. The van der Waals surface area contributed by atoms with E-state index in [1.165, 1.54) is 0 Å². The van der Waals surface area contributed by atoms with Gasteiger partial charge in [-0.2, -0.15) is 13.2 Å². The molecular weight excluding hydrogens is 369 g/mol. The lowest BCUT2D eigenvalue weighted by atomic mass is 9.90. The number of hydrogen-bond acceptors (Lipinski definition) is 4. The second-order valence-corrected chi connectivity index (χ2v) is 7.53. The van der Waals surface area contributed by atoms with Crippen LogP contribution in [0.4, 0.5) is 13.2 Å². The van der Waals surface area contributed by atoms with Gasteiger partial charge in [0, 0.05) is 17.5 Å². The van der Waals surface area contributed by atoms with Crippen LogP contribution in [-0.4, -0.2) is 38.4 Å². The number of halogens is 3. The molecule has 28 heavy (non-hydrogen) atoms. The van der Waals surface area contributed by atoms with Gasteiger partial charge in [-0.3, -0.25) is 4.98 Å². The Labute approximate surface area is 160 Å². The van der Waals surface area contributed by atoms with Crippen molar-refractivity contribution in [3.63, 3.8) is 0 Å². The molecule has 0 radical (unpaired) electrons. The highest BCUT2D eigenvalue weighted by Crippen LogP contribution is 2.36. The Bertz CT molecular complexity index is 975. The van der Waals surface area contributed by atoms with Crippen LogP contribution in [0.25, 0.3) is 21.9 Å². The summed E-state index contributed by atoms with van der Waals surface area (Å²) in [6.07, 6.45) is -0.438. The summed E-state index contributed by atoms with van der Waals surface area (Å²) in [6.45, 7) is 0.732. The average Bonchev–Trinajstić information content (AvgIpc) is 3.07. The van der Waals surface area contributed by atoms with Crippen molar-refractivity contribution in [3.05, 3.63) is 36.3 Å². The quantitative estimate of drug-likeness (QED) is 0.696. The normalized spacial score (nSPS) is 22.0. The van der Waals surface area contributed by atoms with E-state index in [9.17, 15) is 18.3 Å². The molecule has 1 unspecified atom stereocenters. The van der Waals surface area contributed by atoms with Gasteiger partial charge in [0.05, 0.1) is 23.8 Å². The molecule has 0 aliphatic heterocycles. The van der Waals surface area contributed by atoms with Crippen molar-refractivity contribution in [2.75, 3.05) is 6.54 Å². The number of para-hydroxylation sites is 1. The van der Waals surface area contributed by atoms with Crippen LogP contribution in [-0.2, 0) is 0 Å². The van der Waals surface area contributed by atoms with Gasteiger partial charge in [-0.25, -0.2) is 4.98 Å². The maximum atomic E-state index is 12.5. The van der Waals surface area contributed by atoms with Crippen LogP contribution < -0.4 is 5.32 Å². The number of alkyl halides is 3. The summed E-state index contributed by atoms with van der Waals surface area (Å²) < 4.78 is 39.5.